The van der Waals surface area contributed by atoms with Crippen molar-refractivity contribution in [1.82, 2.24) is 0 Å². The second-order valence-electron chi connectivity index (χ2n) is 7.98. The normalized spacial score (nSPS) is 27.6. The summed E-state index contributed by atoms with van der Waals surface area (Å²) >= 11 is 0. The molecule has 5 nitrogen and oxygen atoms in total. The lowest BCUT2D eigenvalue weighted by molar-refractivity contribution is -0.216. The Labute approximate surface area is 162 Å². The van der Waals surface area contributed by atoms with E-state index in [1.807, 2.05) is 0 Å². The molecule has 3 N–H and O–H groups in total. The van der Waals surface area contributed by atoms with Crippen LogP contribution < -0.4 is 0 Å². The Kier molecular flexibility index (Phi) is 10.5. The van der Waals surface area contributed by atoms with Crippen molar-refractivity contribution >= 4 is 5.97 Å². The molecule has 27 heavy (non-hydrogen) atoms. The van der Waals surface area contributed by atoms with Crippen molar-refractivity contribution in [2.75, 3.05) is 7.11 Å². The number of carboxylic acids is 1. The van der Waals surface area contributed by atoms with Crippen LogP contribution in [0, 0.1) is 17.8 Å². The van der Waals surface area contributed by atoms with E-state index < -0.39 is 17.9 Å². The van der Waals surface area contributed by atoms with Gasteiger partial charge in [-0.2, -0.15) is 4.39 Å². The second-order valence-corrected chi connectivity index (χ2v) is 7.98. The number of aliphatic hydroxyl groups excluding tert-OH is 2. The predicted molar refractivity (Wildman–Crippen MR) is 103 cm³/mol. The van der Waals surface area contributed by atoms with Gasteiger partial charge in [0.15, 0.2) is 0 Å². The highest BCUT2D eigenvalue weighted by molar-refractivity contribution is 5.76. The number of halogens is 1. The zero-order valence-electron chi connectivity index (χ0n) is 16.9. The molecular formula is C21H37FO5. The summed E-state index contributed by atoms with van der Waals surface area (Å²) in [6, 6.07) is 0. The number of aliphatic carboxylic acids is 1. The minimum atomic E-state index is -3.06. The SMILES string of the molecule is CCCC(C)CC=C[C@H]1CC[C@H](O)[C@@H]1CCCCC(O)C(F)(OC)C(=O)O. The minimum absolute atomic E-state index is 0.00843. The van der Waals surface area contributed by atoms with Crippen molar-refractivity contribution in [3.63, 3.8) is 0 Å². The molecule has 158 valence electrons. The lowest BCUT2D eigenvalue weighted by atomic mass is 9.88. The van der Waals surface area contributed by atoms with Crippen LogP contribution in [0.4, 0.5) is 4.39 Å². The molecule has 0 radical (unpaired) electrons. The van der Waals surface area contributed by atoms with Gasteiger partial charge in [-0.05, 0) is 49.9 Å². The van der Waals surface area contributed by atoms with Crippen molar-refractivity contribution in [3.8, 4) is 0 Å². The molecule has 6 atom stereocenters. The number of hydrogen-bond acceptors (Lipinski definition) is 4. The van der Waals surface area contributed by atoms with Crippen LogP contribution in [-0.2, 0) is 9.53 Å². The van der Waals surface area contributed by atoms with Gasteiger partial charge in [-0.25, -0.2) is 4.79 Å². The van der Waals surface area contributed by atoms with Crippen molar-refractivity contribution < 1.29 is 29.2 Å². The summed E-state index contributed by atoms with van der Waals surface area (Å²) in [6.45, 7) is 4.44. The van der Waals surface area contributed by atoms with Gasteiger partial charge in [-0.3, -0.25) is 0 Å². The maximum atomic E-state index is 14.0. The van der Waals surface area contributed by atoms with Crippen LogP contribution in [0.2, 0.25) is 0 Å². The van der Waals surface area contributed by atoms with Crippen LogP contribution in [-0.4, -0.2) is 46.5 Å². The highest BCUT2D eigenvalue weighted by Gasteiger charge is 2.46. The first-order valence-electron chi connectivity index (χ1n) is 10.3. The molecule has 0 bridgehead atoms. The fourth-order valence-corrected chi connectivity index (χ4v) is 4.09. The summed E-state index contributed by atoms with van der Waals surface area (Å²) in [5.74, 6) is -3.67. The Morgan fingerprint density at radius 3 is 2.63 bits per heavy atom. The monoisotopic (exact) mass is 388 g/mol. The maximum Gasteiger partial charge on any atom is 0.372 e. The molecular weight excluding hydrogens is 351 g/mol. The number of alkyl halides is 1. The number of ether oxygens (including phenoxy) is 1. The molecule has 0 spiro atoms. The van der Waals surface area contributed by atoms with Crippen molar-refractivity contribution in [2.24, 2.45) is 17.8 Å². The largest absolute Gasteiger partial charge is 0.477 e. The number of carboxylic acid groups (broad SMARTS) is 1. The van der Waals surface area contributed by atoms with E-state index in [1.54, 1.807) is 0 Å². The van der Waals surface area contributed by atoms with Crippen molar-refractivity contribution in [2.45, 2.75) is 89.7 Å². The van der Waals surface area contributed by atoms with Gasteiger partial charge >= 0.3 is 11.8 Å². The second kappa shape index (κ2) is 11.8. The first-order valence-corrected chi connectivity index (χ1v) is 10.3. The first kappa shape index (κ1) is 24.1. The van der Waals surface area contributed by atoms with Crippen molar-refractivity contribution in [3.05, 3.63) is 12.2 Å². The summed E-state index contributed by atoms with van der Waals surface area (Å²) in [4.78, 5) is 10.9. The number of carbonyl (C=O) groups is 1. The van der Waals surface area contributed by atoms with Gasteiger partial charge in [0, 0.05) is 7.11 Å². The number of methoxy groups -OCH3 is 1. The summed E-state index contributed by atoms with van der Waals surface area (Å²) in [5, 5.41) is 28.9. The smallest absolute Gasteiger partial charge is 0.372 e. The summed E-state index contributed by atoms with van der Waals surface area (Å²) in [7, 11) is 0.935. The molecule has 1 aliphatic carbocycles. The molecule has 0 aliphatic heterocycles. The van der Waals surface area contributed by atoms with Crippen LogP contribution in [0.3, 0.4) is 0 Å². The molecule has 0 amide bonds. The fraction of sp³-hybridized carbons (Fsp3) is 0.857. The van der Waals surface area contributed by atoms with Gasteiger partial charge < -0.3 is 20.1 Å². The number of allylic oxidation sites excluding steroid dienone is 2. The molecule has 1 rings (SSSR count). The molecule has 0 aromatic heterocycles. The summed E-state index contributed by atoms with van der Waals surface area (Å²) in [6.07, 6.45) is 9.67. The van der Waals surface area contributed by atoms with Crippen LogP contribution in [0.1, 0.15) is 71.6 Å². The number of rotatable bonds is 13. The van der Waals surface area contributed by atoms with E-state index in [2.05, 4.69) is 30.7 Å². The lowest BCUT2D eigenvalue weighted by Crippen LogP contribution is -2.47. The number of unbranched alkanes of at least 4 members (excludes halogenated alkanes) is 1. The van der Waals surface area contributed by atoms with E-state index >= 15 is 0 Å². The van der Waals surface area contributed by atoms with Gasteiger partial charge in [-0.15, -0.1) is 0 Å². The zero-order valence-corrected chi connectivity index (χ0v) is 16.9. The molecule has 1 fully saturated rings. The lowest BCUT2D eigenvalue weighted by Gasteiger charge is -2.25. The van der Waals surface area contributed by atoms with E-state index in [1.165, 1.54) is 12.8 Å². The van der Waals surface area contributed by atoms with Crippen LogP contribution in [0.5, 0.6) is 0 Å². The van der Waals surface area contributed by atoms with Crippen LogP contribution in [0.25, 0.3) is 0 Å². The topological polar surface area (TPSA) is 87.0 Å². The Bertz CT molecular complexity index is 469. The summed E-state index contributed by atoms with van der Waals surface area (Å²) < 4.78 is 18.4. The Morgan fingerprint density at radius 1 is 1.33 bits per heavy atom. The van der Waals surface area contributed by atoms with E-state index in [0.29, 0.717) is 24.7 Å². The van der Waals surface area contributed by atoms with Gasteiger partial charge in [0.1, 0.15) is 6.10 Å². The van der Waals surface area contributed by atoms with Crippen LogP contribution in [0.15, 0.2) is 12.2 Å². The number of aliphatic hydroxyl groups is 2. The van der Waals surface area contributed by atoms with E-state index in [-0.39, 0.29) is 18.4 Å². The molecule has 1 aliphatic rings. The third kappa shape index (κ3) is 7.16. The Morgan fingerprint density at radius 2 is 2.04 bits per heavy atom. The molecule has 0 heterocycles. The van der Waals surface area contributed by atoms with Gasteiger partial charge in [0.2, 0.25) is 0 Å². The predicted octanol–water partition coefficient (Wildman–Crippen LogP) is 4.07. The van der Waals surface area contributed by atoms with E-state index in [4.69, 9.17) is 5.11 Å². The molecule has 0 aromatic carbocycles. The first-order chi connectivity index (χ1) is 12.8. The Balaban J connectivity index is 2.43. The van der Waals surface area contributed by atoms with Gasteiger partial charge in [0.05, 0.1) is 6.10 Å². The van der Waals surface area contributed by atoms with Gasteiger partial charge in [0.25, 0.3) is 0 Å². The van der Waals surface area contributed by atoms with E-state index in [0.717, 1.165) is 32.8 Å². The average molecular weight is 389 g/mol. The summed E-state index contributed by atoms with van der Waals surface area (Å²) in [5.41, 5.74) is 0. The zero-order chi connectivity index (χ0) is 20.4. The number of hydrogen-bond donors (Lipinski definition) is 3. The minimum Gasteiger partial charge on any atom is -0.477 e. The Hall–Kier alpha value is -0.980. The van der Waals surface area contributed by atoms with Gasteiger partial charge in [-0.1, -0.05) is 51.7 Å². The molecule has 0 aromatic rings. The van der Waals surface area contributed by atoms with E-state index in [9.17, 15) is 19.4 Å². The highest BCUT2D eigenvalue weighted by Crippen LogP contribution is 2.37. The molecule has 6 heteroatoms. The van der Waals surface area contributed by atoms with Crippen LogP contribution >= 0.6 is 0 Å². The third-order valence-corrected chi connectivity index (χ3v) is 5.83. The standard InChI is InChI=1S/C21H37FO5/c1-4-8-15(2)9-7-10-16-13-14-18(23)17(16)11-5-6-12-19(24)21(22,27-3)20(25)26/h7,10,15-19,23-24H,4-6,8-9,11-14H2,1-3H3,(H,25,26)/t15?,16-,17+,18-,19?,21?/m0/s1. The fourth-order valence-electron chi connectivity index (χ4n) is 4.09. The maximum absolute atomic E-state index is 14.0. The molecule has 0 saturated heterocycles. The molecule has 1 saturated carbocycles. The average Bonchev–Trinajstić information content (AvgIpc) is 2.97. The quantitative estimate of drug-likeness (QED) is 0.327. The molecule has 3 unspecified atom stereocenters. The van der Waals surface area contributed by atoms with Crippen molar-refractivity contribution in [1.29, 1.82) is 0 Å². The third-order valence-electron chi connectivity index (χ3n) is 5.83. The highest BCUT2D eigenvalue weighted by atomic mass is 19.2.